The number of thiocarbonyl (C=S) groups is 1. The highest BCUT2D eigenvalue weighted by molar-refractivity contribution is 9.10. The van der Waals surface area contributed by atoms with E-state index < -0.39 is 0 Å². The fourth-order valence-corrected chi connectivity index (χ4v) is 3.68. The molecule has 0 bridgehead atoms. The molecule has 0 aliphatic heterocycles. The van der Waals surface area contributed by atoms with Crippen molar-refractivity contribution in [2.24, 2.45) is 0 Å². The van der Waals surface area contributed by atoms with Gasteiger partial charge in [0.1, 0.15) is 5.75 Å². The molecule has 0 heterocycles. The van der Waals surface area contributed by atoms with Gasteiger partial charge in [-0.25, -0.2) is 0 Å². The third kappa shape index (κ3) is 6.87. The number of benzene rings is 3. The van der Waals surface area contributed by atoms with Crippen LogP contribution in [0.2, 0.25) is 0 Å². The van der Waals surface area contributed by atoms with Gasteiger partial charge in [-0.3, -0.25) is 14.9 Å². The number of rotatable bonds is 7. The van der Waals surface area contributed by atoms with Gasteiger partial charge in [0.05, 0.1) is 11.1 Å². The second-order valence-corrected chi connectivity index (χ2v) is 8.51. The first-order valence-corrected chi connectivity index (χ1v) is 11.6. The van der Waals surface area contributed by atoms with Gasteiger partial charge in [-0.1, -0.05) is 25.1 Å². The highest BCUT2D eigenvalue weighted by Gasteiger charge is 2.12. The highest BCUT2D eigenvalue weighted by atomic mass is 79.9. The Morgan fingerprint density at radius 1 is 0.939 bits per heavy atom. The molecule has 0 spiro atoms. The van der Waals surface area contributed by atoms with Gasteiger partial charge in [-0.05, 0) is 95.6 Å². The van der Waals surface area contributed by atoms with Gasteiger partial charge < -0.3 is 15.4 Å². The molecule has 3 N–H and O–H groups in total. The molecule has 0 aliphatic carbocycles. The van der Waals surface area contributed by atoms with Crippen LogP contribution in [0.5, 0.6) is 5.75 Å². The minimum Gasteiger partial charge on any atom is -0.492 e. The second-order valence-electron chi connectivity index (χ2n) is 7.25. The van der Waals surface area contributed by atoms with Crippen LogP contribution in [0.4, 0.5) is 11.4 Å². The average Bonchev–Trinajstić information content (AvgIpc) is 2.80. The number of carbonyl (C=O) groups is 2. The number of hydrogen-bond acceptors (Lipinski definition) is 4. The Balaban J connectivity index is 1.59. The van der Waals surface area contributed by atoms with E-state index in [1.54, 1.807) is 42.5 Å². The van der Waals surface area contributed by atoms with Crippen LogP contribution in [0.3, 0.4) is 0 Å². The van der Waals surface area contributed by atoms with Crippen LogP contribution in [-0.4, -0.2) is 23.5 Å². The molecule has 8 heteroatoms. The summed E-state index contributed by atoms with van der Waals surface area (Å²) in [6.45, 7) is 4.51. The van der Waals surface area contributed by atoms with Crippen molar-refractivity contribution in [1.82, 2.24) is 5.32 Å². The normalized spacial score (nSPS) is 10.3. The summed E-state index contributed by atoms with van der Waals surface area (Å²) in [5.41, 5.74) is 3.27. The van der Waals surface area contributed by atoms with Crippen molar-refractivity contribution in [2.45, 2.75) is 20.3 Å². The fraction of sp³-hybridized carbons (Fsp3) is 0.160. The van der Waals surface area contributed by atoms with Gasteiger partial charge in [-0.2, -0.15) is 0 Å². The topological polar surface area (TPSA) is 79.5 Å². The molecular formula is C25H24BrN3O3S. The molecule has 170 valence electrons. The van der Waals surface area contributed by atoms with E-state index in [1.807, 2.05) is 38.1 Å². The maximum atomic E-state index is 12.6. The Hall–Kier alpha value is -3.23. The summed E-state index contributed by atoms with van der Waals surface area (Å²) in [6.07, 6.45) is 0.897. The number of hydrogen-bond donors (Lipinski definition) is 3. The number of anilines is 2. The van der Waals surface area contributed by atoms with Gasteiger partial charge in [0.15, 0.2) is 5.11 Å². The van der Waals surface area contributed by atoms with Crippen molar-refractivity contribution in [3.63, 3.8) is 0 Å². The largest absolute Gasteiger partial charge is 0.492 e. The molecule has 33 heavy (non-hydrogen) atoms. The predicted octanol–water partition coefficient (Wildman–Crippen LogP) is 5.93. The Kier molecular flexibility index (Phi) is 8.57. The minimum absolute atomic E-state index is 0.169. The van der Waals surface area contributed by atoms with Crippen molar-refractivity contribution in [3.8, 4) is 5.75 Å². The maximum Gasteiger partial charge on any atom is 0.257 e. The Labute approximate surface area is 206 Å². The number of nitrogens with one attached hydrogen (secondary N) is 3. The first-order chi connectivity index (χ1) is 15.9. The van der Waals surface area contributed by atoms with Crippen molar-refractivity contribution in [3.05, 3.63) is 87.9 Å². The van der Waals surface area contributed by atoms with Crippen LogP contribution < -0.4 is 20.7 Å². The standard InChI is InChI=1S/C25H24BrN3O3S/c1-3-13-32-22-12-9-18(15-20(22)26)24(31)29-25(33)27-19-10-11-21(16(2)14-19)28-23(30)17-7-5-4-6-8-17/h4-12,14-15H,3,13H2,1-2H3,(H,28,30)(H2,27,29,31,33). The lowest BCUT2D eigenvalue weighted by molar-refractivity contribution is 0.0976. The summed E-state index contributed by atoms with van der Waals surface area (Å²) in [7, 11) is 0. The molecule has 0 saturated carbocycles. The molecule has 2 amide bonds. The summed E-state index contributed by atoms with van der Waals surface area (Å²) in [5.74, 6) is 0.169. The zero-order valence-electron chi connectivity index (χ0n) is 18.3. The SMILES string of the molecule is CCCOc1ccc(C(=O)NC(=S)Nc2ccc(NC(=O)c3ccccc3)c(C)c2)cc1Br. The Morgan fingerprint density at radius 3 is 2.36 bits per heavy atom. The van der Waals surface area contributed by atoms with Gasteiger partial charge in [0.2, 0.25) is 0 Å². The number of halogens is 1. The quantitative estimate of drug-likeness (QED) is 0.333. The lowest BCUT2D eigenvalue weighted by Crippen LogP contribution is -2.34. The number of carbonyl (C=O) groups excluding carboxylic acids is 2. The molecule has 0 fully saturated rings. The van der Waals surface area contributed by atoms with Crippen molar-refractivity contribution in [2.75, 3.05) is 17.2 Å². The molecule has 0 radical (unpaired) electrons. The molecule has 6 nitrogen and oxygen atoms in total. The zero-order chi connectivity index (χ0) is 23.8. The summed E-state index contributed by atoms with van der Waals surface area (Å²) < 4.78 is 6.31. The molecule has 0 aliphatic rings. The Morgan fingerprint density at radius 2 is 1.70 bits per heavy atom. The monoisotopic (exact) mass is 525 g/mol. The minimum atomic E-state index is -0.335. The fourth-order valence-electron chi connectivity index (χ4n) is 2.97. The number of aryl methyl sites for hydroxylation is 1. The van der Waals surface area contributed by atoms with E-state index in [0.29, 0.717) is 39.3 Å². The van der Waals surface area contributed by atoms with Crippen LogP contribution in [0.15, 0.2) is 71.2 Å². The van der Waals surface area contributed by atoms with E-state index in [2.05, 4.69) is 31.9 Å². The van der Waals surface area contributed by atoms with Gasteiger partial charge >= 0.3 is 0 Å². The summed E-state index contributed by atoms with van der Waals surface area (Å²) in [5, 5.41) is 8.74. The molecule has 0 unspecified atom stereocenters. The smallest absolute Gasteiger partial charge is 0.257 e. The van der Waals surface area contributed by atoms with Crippen LogP contribution >= 0.6 is 28.1 Å². The molecular weight excluding hydrogens is 502 g/mol. The van der Waals surface area contributed by atoms with Gasteiger partial charge in [0, 0.05) is 22.5 Å². The first-order valence-electron chi connectivity index (χ1n) is 10.4. The lowest BCUT2D eigenvalue weighted by Gasteiger charge is -2.13. The zero-order valence-corrected chi connectivity index (χ0v) is 20.7. The summed E-state index contributed by atoms with van der Waals surface area (Å²) in [4.78, 5) is 24.9. The average molecular weight is 526 g/mol. The molecule has 3 aromatic carbocycles. The van der Waals surface area contributed by atoms with E-state index in [0.717, 1.165) is 12.0 Å². The highest BCUT2D eigenvalue weighted by Crippen LogP contribution is 2.26. The van der Waals surface area contributed by atoms with Crippen molar-refractivity contribution >= 4 is 56.4 Å². The molecule has 0 saturated heterocycles. The number of amides is 2. The van der Waals surface area contributed by atoms with Crippen LogP contribution in [0.25, 0.3) is 0 Å². The van der Waals surface area contributed by atoms with Gasteiger partial charge in [-0.15, -0.1) is 0 Å². The predicted molar refractivity (Wildman–Crippen MR) is 139 cm³/mol. The Bertz CT molecular complexity index is 1170. The third-order valence-electron chi connectivity index (χ3n) is 4.65. The maximum absolute atomic E-state index is 12.6. The summed E-state index contributed by atoms with van der Waals surface area (Å²) >= 11 is 8.72. The van der Waals surface area contributed by atoms with Crippen molar-refractivity contribution in [1.29, 1.82) is 0 Å². The lowest BCUT2D eigenvalue weighted by atomic mass is 10.1. The van der Waals surface area contributed by atoms with E-state index in [9.17, 15) is 9.59 Å². The first kappa shape index (κ1) is 24.4. The van der Waals surface area contributed by atoms with Crippen LogP contribution in [0, 0.1) is 6.92 Å². The van der Waals surface area contributed by atoms with E-state index in [4.69, 9.17) is 17.0 Å². The molecule has 0 aromatic heterocycles. The van der Waals surface area contributed by atoms with Crippen LogP contribution in [0.1, 0.15) is 39.6 Å². The van der Waals surface area contributed by atoms with Crippen LogP contribution in [-0.2, 0) is 0 Å². The molecule has 3 aromatic rings. The van der Waals surface area contributed by atoms with E-state index in [-0.39, 0.29) is 16.9 Å². The van der Waals surface area contributed by atoms with Crippen molar-refractivity contribution < 1.29 is 14.3 Å². The summed E-state index contributed by atoms with van der Waals surface area (Å²) in [6, 6.07) is 19.5. The molecule has 0 atom stereocenters. The molecule has 3 rings (SSSR count). The number of ether oxygens (including phenoxy) is 1. The van der Waals surface area contributed by atoms with E-state index >= 15 is 0 Å². The van der Waals surface area contributed by atoms with E-state index in [1.165, 1.54) is 0 Å². The third-order valence-corrected chi connectivity index (χ3v) is 5.48. The second kappa shape index (κ2) is 11.6. The van der Waals surface area contributed by atoms with Gasteiger partial charge in [0.25, 0.3) is 11.8 Å².